The van der Waals surface area contributed by atoms with Crippen molar-refractivity contribution in [2.24, 2.45) is 0 Å². The summed E-state index contributed by atoms with van der Waals surface area (Å²) in [4.78, 5) is 28.8. The van der Waals surface area contributed by atoms with Gasteiger partial charge in [-0.1, -0.05) is 28.1 Å². The van der Waals surface area contributed by atoms with Gasteiger partial charge in [-0.05, 0) is 66.3 Å². The molecule has 2 N–H and O–H groups in total. The largest absolute Gasteiger partial charge is 0.457 e. The molecule has 2 aliphatic rings. The highest BCUT2D eigenvalue weighted by Crippen LogP contribution is 2.48. The van der Waals surface area contributed by atoms with Crippen LogP contribution in [0.1, 0.15) is 50.1 Å². The van der Waals surface area contributed by atoms with E-state index in [1.807, 2.05) is 30.3 Å². The van der Waals surface area contributed by atoms with Gasteiger partial charge in [-0.2, -0.15) is 0 Å². The van der Waals surface area contributed by atoms with Crippen molar-refractivity contribution in [2.75, 3.05) is 13.6 Å². The zero-order valence-corrected chi connectivity index (χ0v) is 20.2. The first-order valence-corrected chi connectivity index (χ1v) is 12.0. The molecule has 1 aliphatic carbocycles. The molecule has 2 aromatic carbocycles. The van der Waals surface area contributed by atoms with Crippen LogP contribution in [0.3, 0.4) is 0 Å². The Hall–Kier alpha value is -3.23. The number of hydrogen-bond acceptors (Lipinski definition) is 5. The lowest BCUT2D eigenvalue weighted by atomic mass is 9.88. The Morgan fingerprint density at radius 2 is 2.00 bits per heavy atom. The van der Waals surface area contributed by atoms with E-state index in [0.29, 0.717) is 30.0 Å². The number of rotatable bonds is 7. The first-order chi connectivity index (χ1) is 16.5. The number of halogens is 1. The molecule has 1 saturated heterocycles. The van der Waals surface area contributed by atoms with Crippen LogP contribution in [0.15, 0.2) is 59.2 Å². The Bertz CT molecular complexity index is 1260. The maximum atomic E-state index is 13.0. The van der Waals surface area contributed by atoms with E-state index in [-0.39, 0.29) is 29.7 Å². The average molecular weight is 522 g/mol. The molecule has 7 nitrogen and oxygen atoms in total. The molecule has 0 bridgehead atoms. The third kappa shape index (κ3) is 4.83. The van der Waals surface area contributed by atoms with E-state index in [0.717, 1.165) is 28.4 Å². The van der Waals surface area contributed by atoms with Crippen LogP contribution >= 0.6 is 15.9 Å². The van der Waals surface area contributed by atoms with Gasteiger partial charge >= 0.3 is 0 Å². The summed E-state index contributed by atoms with van der Waals surface area (Å²) in [6.45, 7) is 0.495. The van der Waals surface area contributed by atoms with E-state index in [1.165, 1.54) is 11.8 Å². The number of amides is 2. The summed E-state index contributed by atoms with van der Waals surface area (Å²) in [5.41, 5.74) is 4.25. The van der Waals surface area contributed by atoms with Gasteiger partial charge in [0, 0.05) is 35.9 Å². The zero-order valence-electron chi connectivity index (χ0n) is 18.6. The quantitative estimate of drug-likeness (QED) is 0.450. The van der Waals surface area contributed by atoms with Crippen molar-refractivity contribution < 1.29 is 19.1 Å². The molecule has 2 amide bonds. The minimum Gasteiger partial charge on any atom is -0.457 e. The van der Waals surface area contributed by atoms with E-state index in [4.69, 9.17) is 9.47 Å². The normalized spacial score (nSPS) is 17.8. The molecule has 0 radical (unpaired) electrons. The monoisotopic (exact) mass is 521 g/mol. The summed E-state index contributed by atoms with van der Waals surface area (Å²) >= 11 is 3.54. The van der Waals surface area contributed by atoms with Crippen molar-refractivity contribution in [3.8, 4) is 11.5 Å². The predicted octanol–water partition coefficient (Wildman–Crippen LogP) is 4.35. The minimum atomic E-state index is -0.273. The Morgan fingerprint density at radius 3 is 2.85 bits per heavy atom. The summed E-state index contributed by atoms with van der Waals surface area (Å²) in [6, 6.07) is 14.9. The lowest BCUT2D eigenvalue weighted by Crippen LogP contribution is -2.27. The molecular formula is C26H24BrN3O4. The lowest BCUT2D eigenvalue weighted by molar-refractivity contribution is 0.0946. The number of benzene rings is 2. The van der Waals surface area contributed by atoms with E-state index in [2.05, 4.69) is 37.6 Å². The van der Waals surface area contributed by atoms with Gasteiger partial charge in [0.1, 0.15) is 23.3 Å². The predicted molar refractivity (Wildman–Crippen MR) is 130 cm³/mol. The highest BCUT2D eigenvalue weighted by molar-refractivity contribution is 9.10. The molecule has 1 aliphatic heterocycles. The second kappa shape index (κ2) is 9.56. The van der Waals surface area contributed by atoms with Crippen LogP contribution in [0.25, 0.3) is 0 Å². The highest BCUT2D eigenvalue weighted by atomic mass is 79.9. The van der Waals surface area contributed by atoms with Crippen LogP contribution in [0.5, 0.6) is 11.5 Å². The second-order valence-electron chi connectivity index (χ2n) is 8.37. The SMILES string of the molecule is CNC(=O)c1cc(Oc2cccc(CCNC(=O)c3cc(Br)cc4c3C3OC3CC4)c2)ccn1. The minimum absolute atomic E-state index is 0.0588. The van der Waals surface area contributed by atoms with Gasteiger partial charge in [-0.25, -0.2) is 0 Å². The smallest absolute Gasteiger partial charge is 0.269 e. The number of carbonyl (C=O) groups excluding carboxylic acids is 2. The number of aryl methyl sites for hydroxylation is 1. The Labute approximate surface area is 206 Å². The van der Waals surface area contributed by atoms with Gasteiger partial charge < -0.3 is 20.1 Å². The summed E-state index contributed by atoms with van der Waals surface area (Å²) in [6.07, 6.45) is 4.46. The van der Waals surface area contributed by atoms with E-state index in [1.54, 1.807) is 19.2 Å². The molecule has 2 atom stereocenters. The van der Waals surface area contributed by atoms with Gasteiger partial charge in [0.15, 0.2) is 0 Å². The fraction of sp³-hybridized carbons (Fsp3) is 0.269. The van der Waals surface area contributed by atoms with Crippen LogP contribution in [0, 0.1) is 0 Å². The molecule has 2 unspecified atom stereocenters. The van der Waals surface area contributed by atoms with Crippen LogP contribution in [-0.4, -0.2) is 36.5 Å². The molecule has 3 aromatic rings. The molecule has 5 rings (SSSR count). The van der Waals surface area contributed by atoms with E-state index < -0.39 is 0 Å². The van der Waals surface area contributed by atoms with Gasteiger partial charge in [0.2, 0.25) is 0 Å². The van der Waals surface area contributed by atoms with Crippen molar-refractivity contribution in [3.05, 3.63) is 87.1 Å². The standard InChI is InChI=1S/C26H24BrN3O4/c1-28-26(32)21-14-19(8-10-29-21)33-18-4-2-3-15(11-18)7-9-30-25(31)20-13-17(27)12-16-5-6-22-24(34-22)23(16)20/h2-4,8,10-14,22,24H,5-7,9H2,1H3,(H,28,32)(H,30,31). The number of fused-ring (bicyclic) bond motifs is 3. The second-order valence-corrected chi connectivity index (χ2v) is 9.29. The molecule has 34 heavy (non-hydrogen) atoms. The average Bonchev–Trinajstić information content (AvgIpc) is 3.63. The third-order valence-electron chi connectivity index (χ3n) is 6.06. The van der Waals surface area contributed by atoms with Crippen molar-refractivity contribution in [1.82, 2.24) is 15.6 Å². The molecule has 8 heteroatoms. The molecule has 0 saturated carbocycles. The number of epoxide rings is 1. The van der Waals surface area contributed by atoms with Crippen LogP contribution < -0.4 is 15.4 Å². The van der Waals surface area contributed by atoms with Gasteiger partial charge in [-0.3, -0.25) is 14.6 Å². The maximum absolute atomic E-state index is 13.0. The fourth-order valence-corrected chi connectivity index (χ4v) is 4.87. The molecule has 1 fully saturated rings. The van der Waals surface area contributed by atoms with Crippen molar-refractivity contribution in [1.29, 1.82) is 0 Å². The number of ether oxygens (including phenoxy) is 2. The Balaban J connectivity index is 1.22. The molecule has 2 heterocycles. The fourth-order valence-electron chi connectivity index (χ4n) is 4.36. The highest BCUT2D eigenvalue weighted by Gasteiger charge is 2.46. The number of nitrogens with zero attached hydrogens (tertiary/aromatic N) is 1. The molecule has 0 spiro atoms. The van der Waals surface area contributed by atoms with E-state index in [9.17, 15) is 9.59 Å². The van der Waals surface area contributed by atoms with Crippen LogP contribution in [0.2, 0.25) is 0 Å². The number of aromatic nitrogens is 1. The van der Waals surface area contributed by atoms with Crippen molar-refractivity contribution in [3.63, 3.8) is 0 Å². The lowest BCUT2D eigenvalue weighted by Gasteiger charge is -2.17. The van der Waals surface area contributed by atoms with Crippen molar-refractivity contribution in [2.45, 2.75) is 31.5 Å². The molecule has 1 aromatic heterocycles. The molecule has 174 valence electrons. The Kier molecular flexibility index (Phi) is 6.34. The summed E-state index contributed by atoms with van der Waals surface area (Å²) in [5.74, 6) is 0.819. The summed E-state index contributed by atoms with van der Waals surface area (Å²) in [5, 5.41) is 5.60. The number of hydrogen-bond donors (Lipinski definition) is 2. The maximum Gasteiger partial charge on any atom is 0.269 e. The van der Waals surface area contributed by atoms with Crippen LogP contribution in [0.4, 0.5) is 0 Å². The topological polar surface area (TPSA) is 92.9 Å². The van der Waals surface area contributed by atoms with Crippen LogP contribution in [-0.2, 0) is 17.6 Å². The van der Waals surface area contributed by atoms with E-state index >= 15 is 0 Å². The van der Waals surface area contributed by atoms with Gasteiger partial charge in [0.05, 0.1) is 6.10 Å². The zero-order chi connectivity index (χ0) is 23.7. The Morgan fingerprint density at radius 1 is 1.15 bits per heavy atom. The summed E-state index contributed by atoms with van der Waals surface area (Å²) < 4.78 is 12.6. The first-order valence-electron chi connectivity index (χ1n) is 11.2. The summed E-state index contributed by atoms with van der Waals surface area (Å²) in [7, 11) is 1.56. The van der Waals surface area contributed by atoms with Gasteiger partial charge in [0.25, 0.3) is 11.8 Å². The number of nitrogens with one attached hydrogen (secondary N) is 2. The number of pyridine rings is 1. The third-order valence-corrected chi connectivity index (χ3v) is 6.52. The van der Waals surface area contributed by atoms with Crippen molar-refractivity contribution >= 4 is 27.7 Å². The molecular weight excluding hydrogens is 498 g/mol. The first kappa shape index (κ1) is 22.6. The van der Waals surface area contributed by atoms with Gasteiger partial charge in [-0.15, -0.1) is 0 Å². The number of carbonyl (C=O) groups is 2.